The summed E-state index contributed by atoms with van der Waals surface area (Å²) >= 11 is 0. The maximum absolute atomic E-state index is 12.0. The number of nitrogens with one attached hydrogen (secondary N) is 2. The molecule has 1 fully saturated rings. The molecule has 0 saturated heterocycles. The largest absolute Gasteiger partial charge is 0.493 e. The van der Waals surface area contributed by atoms with Crippen LogP contribution in [0.1, 0.15) is 50.7 Å². The standard InChI is InChI=1S/C22H28N2O6/c1-3-28-18-12-16-10-14(2)30-19(16)11-15(18)8-9-21(26)29-13-20(25)24-22(27)23-17-6-4-5-7-17/h8-9,11-12,14,17H,3-7,10,13H2,1-2H3,(H2,23,24,25,27)/b9-8+/t14-/m0/s1. The molecule has 2 N–H and O–H groups in total. The smallest absolute Gasteiger partial charge is 0.331 e. The average Bonchev–Trinajstić information content (AvgIpc) is 3.32. The van der Waals surface area contributed by atoms with Gasteiger partial charge in [0.25, 0.3) is 5.91 Å². The summed E-state index contributed by atoms with van der Waals surface area (Å²) in [5.74, 6) is 0.0479. The molecule has 3 rings (SSSR count). The number of hydrogen-bond acceptors (Lipinski definition) is 6. The van der Waals surface area contributed by atoms with E-state index >= 15 is 0 Å². The molecule has 2 aliphatic rings. The van der Waals surface area contributed by atoms with Crippen LogP contribution in [0.25, 0.3) is 6.08 Å². The molecule has 0 spiro atoms. The predicted molar refractivity (Wildman–Crippen MR) is 110 cm³/mol. The highest BCUT2D eigenvalue weighted by Gasteiger charge is 2.21. The third kappa shape index (κ3) is 5.98. The van der Waals surface area contributed by atoms with Gasteiger partial charge in [-0.2, -0.15) is 0 Å². The number of amides is 3. The van der Waals surface area contributed by atoms with Gasteiger partial charge in [-0.15, -0.1) is 0 Å². The first-order valence-corrected chi connectivity index (χ1v) is 10.4. The van der Waals surface area contributed by atoms with Crippen LogP contribution in [0.2, 0.25) is 0 Å². The summed E-state index contributed by atoms with van der Waals surface area (Å²) < 4.78 is 16.3. The maximum atomic E-state index is 12.0. The zero-order valence-corrected chi connectivity index (χ0v) is 17.4. The number of carbonyl (C=O) groups excluding carboxylic acids is 3. The second kappa shape index (κ2) is 10.1. The highest BCUT2D eigenvalue weighted by Crippen LogP contribution is 2.35. The lowest BCUT2D eigenvalue weighted by atomic mass is 10.1. The Morgan fingerprint density at radius 2 is 2.00 bits per heavy atom. The minimum absolute atomic E-state index is 0.0992. The first-order chi connectivity index (χ1) is 14.4. The van der Waals surface area contributed by atoms with Crippen molar-refractivity contribution in [1.82, 2.24) is 10.6 Å². The third-order valence-corrected chi connectivity index (χ3v) is 5.02. The van der Waals surface area contributed by atoms with Crippen molar-refractivity contribution in [3.8, 4) is 11.5 Å². The van der Waals surface area contributed by atoms with Crippen molar-refractivity contribution in [2.75, 3.05) is 13.2 Å². The van der Waals surface area contributed by atoms with Crippen LogP contribution in [0.15, 0.2) is 18.2 Å². The number of benzene rings is 1. The lowest BCUT2D eigenvalue weighted by Gasteiger charge is -2.12. The van der Waals surface area contributed by atoms with Crippen molar-refractivity contribution in [1.29, 1.82) is 0 Å². The van der Waals surface area contributed by atoms with Gasteiger partial charge < -0.3 is 19.5 Å². The number of ether oxygens (including phenoxy) is 3. The monoisotopic (exact) mass is 416 g/mol. The average molecular weight is 416 g/mol. The normalized spacial score (nSPS) is 18.0. The molecule has 0 unspecified atom stereocenters. The minimum Gasteiger partial charge on any atom is -0.493 e. The van der Waals surface area contributed by atoms with Gasteiger partial charge in [0.05, 0.1) is 6.61 Å². The molecule has 1 saturated carbocycles. The third-order valence-electron chi connectivity index (χ3n) is 5.02. The first kappa shape index (κ1) is 21.7. The Bertz CT molecular complexity index is 829. The molecule has 1 heterocycles. The Labute approximate surface area is 175 Å². The second-order valence-corrected chi connectivity index (χ2v) is 7.51. The van der Waals surface area contributed by atoms with Gasteiger partial charge in [0, 0.05) is 29.7 Å². The van der Waals surface area contributed by atoms with E-state index in [1.54, 1.807) is 6.08 Å². The van der Waals surface area contributed by atoms with Gasteiger partial charge in [-0.05, 0) is 44.9 Å². The lowest BCUT2D eigenvalue weighted by molar-refractivity contribution is -0.143. The van der Waals surface area contributed by atoms with Crippen LogP contribution in [0.4, 0.5) is 4.79 Å². The Kier molecular flexibility index (Phi) is 7.32. The van der Waals surface area contributed by atoms with Crippen LogP contribution in [0.3, 0.4) is 0 Å². The van der Waals surface area contributed by atoms with Crippen LogP contribution >= 0.6 is 0 Å². The number of carbonyl (C=O) groups is 3. The van der Waals surface area contributed by atoms with Gasteiger partial charge in [0.1, 0.15) is 17.6 Å². The predicted octanol–water partition coefficient (Wildman–Crippen LogP) is 2.73. The second-order valence-electron chi connectivity index (χ2n) is 7.51. The molecular formula is C22H28N2O6. The van der Waals surface area contributed by atoms with Gasteiger partial charge in [0.2, 0.25) is 0 Å². The molecule has 1 aromatic carbocycles. The summed E-state index contributed by atoms with van der Waals surface area (Å²) in [6, 6.07) is 3.28. The Balaban J connectivity index is 1.50. The fourth-order valence-electron chi connectivity index (χ4n) is 3.66. The number of imide groups is 1. The zero-order valence-electron chi connectivity index (χ0n) is 17.4. The molecule has 0 bridgehead atoms. The van der Waals surface area contributed by atoms with E-state index in [1.807, 2.05) is 26.0 Å². The van der Waals surface area contributed by atoms with Crippen LogP contribution in [0.5, 0.6) is 11.5 Å². The number of urea groups is 1. The van der Waals surface area contributed by atoms with E-state index in [0.717, 1.165) is 43.4 Å². The number of esters is 1. The topological polar surface area (TPSA) is 103 Å². The van der Waals surface area contributed by atoms with Gasteiger partial charge in [-0.25, -0.2) is 9.59 Å². The summed E-state index contributed by atoms with van der Waals surface area (Å²) in [5.41, 5.74) is 1.75. The van der Waals surface area contributed by atoms with Crippen LogP contribution in [0, 0.1) is 0 Å². The van der Waals surface area contributed by atoms with Gasteiger partial charge in [0.15, 0.2) is 6.61 Å². The number of fused-ring (bicyclic) bond motifs is 1. The lowest BCUT2D eigenvalue weighted by Crippen LogP contribution is -2.44. The summed E-state index contributed by atoms with van der Waals surface area (Å²) in [4.78, 5) is 35.5. The summed E-state index contributed by atoms with van der Waals surface area (Å²) in [5, 5.41) is 4.90. The molecule has 162 valence electrons. The van der Waals surface area contributed by atoms with E-state index in [2.05, 4.69) is 10.6 Å². The Morgan fingerprint density at radius 1 is 1.23 bits per heavy atom. The molecule has 3 amide bonds. The van der Waals surface area contributed by atoms with E-state index in [-0.39, 0.29) is 12.1 Å². The van der Waals surface area contributed by atoms with Crippen molar-refractivity contribution in [2.45, 2.75) is 58.1 Å². The Morgan fingerprint density at radius 3 is 2.73 bits per heavy atom. The van der Waals surface area contributed by atoms with Crippen molar-refractivity contribution in [3.05, 3.63) is 29.3 Å². The molecule has 30 heavy (non-hydrogen) atoms. The highest BCUT2D eigenvalue weighted by molar-refractivity contribution is 5.96. The first-order valence-electron chi connectivity index (χ1n) is 10.4. The maximum Gasteiger partial charge on any atom is 0.331 e. The van der Waals surface area contributed by atoms with Crippen LogP contribution < -0.4 is 20.1 Å². The zero-order chi connectivity index (χ0) is 21.5. The fourth-order valence-corrected chi connectivity index (χ4v) is 3.66. The summed E-state index contributed by atoms with van der Waals surface area (Å²) in [6.07, 6.45) is 7.66. The van der Waals surface area contributed by atoms with Crippen molar-refractivity contribution >= 4 is 24.0 Å². The summed E-state index contributed by atoms with van der Waals surface area (Å²) in [7, 11) is 0. The fraction of sp³-hybridized carbons (Fsp3) is 0.500. The van der Waals surface area contributed by atoms with Gasteiger partial charge >= 0.3 is 12.0 Å². The molecule has 1 aliphatic heterocycles. The molecule has 1 atom stereocenters. The molecule has 0 radical (unpaired) electrons. The van der Waals surface area contributed by atoms with Gasteiger partial charge in [-0.1, -0.05) is 12.8 Å². The molecule has 1 aliphatic carbocycles. The van der Waals surface area contributed by atoms with E-state index in [1.165, 1.54) is 6.08 Å². The van der Waals surface area contributed by atoms with Crippen LogP contribution in [-0.4, -0.2) is 43.3 Å². The van der Waals surface area contributed by atoms with Gasteiger partial charge in [-0.3, -0.25) is 10.1 Å². The van der Waals surface area contributed by atoms with E-state index in [4.69, 9.17) is 14.2 Å². The molecular weight excluding hydrogens is 388 g/mol. The van der Waals surface area contributed by atoms with Crippen molar-refractivity contribution in [3.63, 3.8) is 0 Å². The van der Waals surface area contributed by atoms with Crippen molar-refractivity contribution in [2.24, 2.45) is 0 Å². The molecule has 0 aromatic heterocycles. The Hall–Kier alpha value is -3.03. The quantitative estimate of drug-likeness (QED) is 0.523. The van der Waals surface area contributed by atoms with Crippen LogP contribution in [-0.2, 0) is 20.7 Å². The highest BCUT2D eigenvalue weighted by atomic mass is 16.5. The number of hydrogen-bond donors (Lipinski definition) is 2. The minimum atomic E-state index is -0.696. The van der Waals surface area contributed by atoms with Crippen molar-refractivity contribution < 1.29 is 28.6 Å². The molecule has 8 heteroatoms. The van der Waals surface area contributed by atoms with E-state index in [0.29, 0.717) is 17.9 Å². The van der Waals surface area contributed by atoms with E-state index < -0.39 is 24.5 Å². The molecule has 1 aromatic rings. The number of rotatable bonds is 7. The SMILES string of the molecule is CCOc1cc2c(cc1/C=C/C(=O)OCC(=O)NC(=O)NC1CCCC1)O[C@@H](C)C2. The van der Waals surface area contributed by atoms with E-state index in [9.17, 15) is 14.4 Å². The summed E-state index contributed by atoms with van der Waals surface area (Å²) in [6.45, 7) is 3.83. The molecule has 8 nitrogen and oxygen atoms in total.